The summed E-state index contributed by atoms with van der Waals surface area (Å²) in [6.45, 7) is 2.04. The maximum atomic E-state index is 12.3. The van der Waals surface area contributed by atoms with Crippen LogP contribution in [0.2, 0.25) is 0 Å². The van der Waals surface area contributed by atoms with Crippen molar-refractivity contribution in [2.45, 2.75) is 25.3 Å². The van der Waals surface area contributed by atoms with Crippen LogP contribution < -0.4 is 15.4 Å². The summed E-state index contributed by atoms with van der Waals surface area (Å²) in [5, 5.41) is 0. The van der Waals surface area contributed by atoms with Gasteiger partial charge >= 0.3 is 0 Å². The van der Waals surface area contributed by atoms with Crippen LogP contribution in [0.5, 0.6) is 5.75 Å². The molecule has 0 fully saturated rings. The fraction of sp³-hybridized carbons (Fsp3) is 0.316. The Morgan fingerprint density at radius 1 is 1.26 bits per heavy atom. The van der Waals surface area contributed by atoms with Crippen LogP contribution in [-0.4, -0.2) is 20.1 Å². The van der Waals surface area contributed by atoms with Gasteiger partial charge in [-0.2, -0.15) is 0 Å². The highest BCUT2D eigenvalue weighted by molar-refractivity contribution is 6.04. The summed E-state index contributed by atoms with van der Waals surface area (Å²) in [4.78, 5) is 14.1. The fourth-order valence-corrected chi connectivity index (χ4v) is 3.33. The van der Waals surface area contributed by atoms with Crippen LogP contribution >= 0.6 is 0 Å². The number of rotatable bonds is 4. The van der Waals surface area contributed by atoms with Crippen molar-refractivity contribution in [3.63, 3.8) is 0 Å². The molecule has 2 atom stereocenters. The number of ether oxygens (including phenoxy) is 1. The lowest BCUT2D eigenvalue weighted by molar-refractivity contribution is -0.119. The Labute approximate surface area is 136 Å². The van der Waals surface area contributed by atoms with E-state index >= 15 is 0 Å². The predicted molar refractivity (Wildman–Crippen MR) is 91.9 cm³/mol. The zero-order chi connectivity index (χ0) is 16.6. The second-order valence-electron chi connectivity index (χ2n) is 5.90. The lowest BCUT2D eigenvalue weighted by Gasteiger charge is -2.18. The van der Waals surface area contributed by atoms with Gasteiger partial charge in [0.05, 0.1) is 19.1 Å². The SMILES string of the molecule is CCC1C(=O)N(C)c2ccc(C(N)c3ccccc3OC)cc21. The number of likely N-dealkylation sites (N-methyl/N-ethyl adjacent to an activating group) is 1. The summed E-state index contributed by atoms with van der Waals surface area (Å²) in [5.74, 6) is 0.867. The van der Waals surface area contributed by atoms with Crippen LogP contribution in [0.3, 0.4) is 0 Å². The molecule has 23 heavy (non-hydrogen) atoms. The first-order valence-corrected chi connectivity index (χ1v) is 7.88. The van der Waals surface area contributed by atoms with Crippen molar-refractivity contribution in [1.82, 2.24) is 0 Å². The highest BCUT2D eigenvalue weighted by atomic mass is 16.5. The van der Waals surface area contributed by atoms with Crippen LogP contribution in [0, 0.1) is 0 Å². The number of para-hydroxylation sites is 1. The minimum Gasteiger partial charge on any atom is -0.496 e. The molecule has 0 bridgehead atoms. The molecule has 0 saturated heterocycles. The minimum absolute atomic E-state index is 0.0696. The number of hydrogen-bond donors (Lipinski definition) is 1. The third-order valence-corrected chi connectivity index (χ3v) is 4.66. The van der Waals surface area contributed by atoms with Gasteiger partial charge in [-0.3, -0.25) is 4.79 Å². The first-order valence-electron chi connectivity index (χ1n) is 7.88. The average molecular weight is 310 g/mol. The summed E-state index contributed by atoms with van der Waals surface area (Å²) < 4.78 is 5.41. The van der Waals surface area contributed by atoms with Gasteiger partial charge in [0.25, 0.3) is 0 Å². The van der Waals surface area contributed by atoms with Gasteiger partial charge in [0.15, 0.2) is 0 Å². The second-order valence-corrected chi connectivity index (χ2v) is 5.90. The number of fused-ring (bicyclic) bond motifs is 1. The first-order chi connectivity index (χ1) is 11.1. The lowest BCUT2D eigenvalue weighted by Crippen LogP contribution is -2.23. The molecule has 0 aliphatic carbocycles. The zero-order valence-electron chi connectivity index (χ0n) is 13.7. The van der Waals surface area contributed by atoms with Crippen molar-refractivity contribution in [1.29, 1.82) is 0 Å². The molecule has 1 amide bonds. The van der Waals surface area contributed by atoms with Gasteiger partial charge in [0.1, 0.15) is 5.75 Å². The molecule has 0 aromatic heterocycles. The van der Waals surface area contributed by atoms with Gasteiger partial charge in [0, 0.05) is 18.3 Å². The van der Waals surface area contributed by atoms with E-state index in [1.807, 2.05) is 50.4 Å². The molecular weight excluding hydrogens is 288 g/mol. The molecule has 2 N–H and O–H groups in total. The topological polar surface area (TPSA) is 55.6 Å². The van der Waals surface area contributed by atoms with Crippen molar-refractivity contribution in [3.8, 4) is 5.75 Å². The van der Waals surface area contributed by atoms with Gasteiger partial charge in [-0.25, -0.2) is 0 Å². The number of carbonyl (C=O) groups is 1. The van der Waals surface area contributed by atoms with E-state index in [-0.39, 0.29) is 17.9 Å². The van der Waals surface area contributed by atoms with Crippen LogP contribution in [-0.2, 0) is 4.79 Å². The van der Waals surface area contributed by atoms with Crippen LogP contribution in [0.1, 0.15) is 42.0 Å². The van der Waals surface area contributed by atoms with Gasteiger partial charge in [-0.05, 0) is 29.7 Å². The summed E-state index contributed by atoms with van der Waals surface area (Å²) in [5.41, 5.74) is 10.5. The third kappa shape index (κ3) is 2.49. The average Bonchev–Trinajstić information content (AvgIpc) is 2.84. The van der Waals surface area contributed by atoms with Crippen molar-refractivity contribution in [3.05, 3.63) is 59.2 Å². The van der Waals surface area contributed by atoms with Gasteiger partial charge in [-0.15, -0.1) is 0 Å². The molecule has 0 saturated carbocycles. The second kappa shape index (κ2) is 6.05. The molecule has 1 aliphatic heterocycles. The number of hydrogen-bond acceptors (Lipinski definition) is 3. The molecule has 0 spiro atoms. The smallest absolute Gasteiger partial charge is 0.234 e. The maximum Gasteiger partial charge on any atom is 0.234 e. The van der Waals surface area contributed by atoms with Gasteiger partial charge in [-0.1, -0.05) is 37.3 Å². The molecular formula is C19H22N2O2. The number of carbonyl (C=O) groups excluding carboxylic acids is 1. The largest absolute Gasteiger partial charge is 0.496 e. The number of amides is 1. The van der Waals surface area contributed by atoms with E-state index < -0.39 is 0 Å². The van der Waals surface area contributed by atoms with Crippen LogP contribution in [0.25, 0.3) is 0 Å². The Balaban J connectivity index is 2.03. The van der Waals surface area contributed by atoms with Crippen molar-refractivity contribution in [2.75, 3.05) is 19.1 Å². The van der Waals surface area contributed by atoms with Crippen LogP contribution in [0.4, 0.5) is 5.69 Å². The molecule has 4 nitrogen and oxygen atoms in total. The normalized spacial score (nSPS) is 18.0. The van der Waals surface area contributed by atoms with E-state index in [0.717, 1.165) is 34.5 Å². The lowest BCUT2D eigenvalue weighted by atomic mass is 9.92. The number of nitrogens with zero attached hydrogens (tertiary/aromatic N) is 1. The Hall–Kier alpha value is -2.33. The molecule has 1 heterocycles. The van der Waals surface area contributed by atoms with E-state index in [1.54, 1.807) is 12.0 Å². The number of benzene rings is 2. The van der Waals surface area contributed by atoms with Crippen molar-refractivity contribution < 1.29 is 9.53 Å². The Morgan fingerprint density at radius 2 is 2.00 bits per heavy atom. The van der Waals surface area contributed by atoms with Crippen molar-refractivity contribution >= 4 is 11.6 Å². The van der Waals surface area contributed by atoms with E-state index in [9.17, 15) is 4.79 Å². The highest BCUT2D eigenvalue weighted by Gasteiger charge is 2.34. The quantitative estimate of drug-likeness (QED) is 0.943. The number of anilines is 1. The van der Waals surface area contributed by atoms with Crippen LogP contribution in [0.15, 0.2) is 42.5 Å². The van der Waals surface area contributed by atoms with E-state index in [0.29, 0.717) is 0 Å². The Kier molecular flexibility index (Phi) is 4.09. The highest BCUT2D eigenvalue weighted by Crippen LogP contribution is 2.40. The van der Waals surface area contributed by atoms with Crippen molar-refractivity contribution in [2.24, 2.45) is 5.73 Å². The molecule has 120 valence electrons. The number of methoxy groups -OCH3 is 1. The van der Waals surface area contributed by atoms with Gasteiger partial charge in [0.2, 0.25) is 5.91 Å². The summed E-state index contributed by atoms with van der Waals surface area (Å²) in [6, 6.07) is 13.6. The first kappa shape index (κ1) is 15.6. The number of nitrogens with two attached hydrogens (primary N) is 1. The molecule has 3 rings (SSSR count). The molecule has 2 unspecified atom stereocenters. The Morgan fingerprint density at radius 3 is 2.70 bits per heavy atom. The summed E-state index contributed by atoms with van der Waals surface area (Å²) in [7, 11) is 3.48. The molecule has 2 aromatic rings. The molecule has 1 aliphatic rings. The molecule has 2 aromatic carbocycles. The standard InChI is InChI=1S/C19H22N2O2/c1-4-13-15-11-12(9-10-16(15)21(2)19(13)22)18(20)14-7-5-6-8-17(14)23-3/h5-11,13,18H,4,20H2,1-3H3. The fourth-order valence-electron chi connectivity index (χ4n) is 3.33. The molecule has 4 heteroatoms. The summed E-state index contributed by atoms with van der Waals surface area (Å²) >= 11 is 0. The van der Waals surface area contributed by atoms with E-state index in [2.05, 4.69) is 6.07 Å². The van der Waals surface area contributed by atoms with Gasteiger partial charge < -0.3 is 15.4 Å². The Bertz CT molecular complexity index is 742. The van der Waals surface area contributed by atoms with E-state index in [1.165, 1.54) is 0 Å². The maximum absolute atomic E-state index is 12.3. The molecule has 0 radical (unpaired) electrons. The van der Waals surface area contributed by atoms with E-state index in [4.69, 9.17) is 10.5 Å². The third-order valence-electron chi connectivity index (χ3n) is 4.66. The zero-order valence-corrected chi connectivity index (χ0v) is 13.7. The monoisotopic (exact) mass is 310 g/mol. The predicted octanol–water partition coefficient (Wildman–Crippen LogP) is 3.21. The summed E-state index contributed by atoms with van der Waals surface area (Å²) in [6.07, 6.45) is 0.795. The minimum atomic E-state index is -0.282.